The van der Waals surface area contributed by atoms with Gasteiger partial charge in [-0.1, -0.05) is 0 Å². The predicted molar refractivity (Wildman–Crippen MR) is 122 cm³/mol. The van der Waals surface area contributed by atoms with Crippen LogP contribution in [0.1, 0.15) is 54.4 Å². The van der Waals surface area contributed by atoms with Gasteiger partial charge in [0.25, 0.3) is 17.7 Å². The van der Waals surface area contributed by atoms with Crippen LogP contribution in [0.2, 0.25) is 0 Å². The minimum absolute atomic E-state index is 0.00261. The van der Waals surface area contributed by atoms with E-state index in [-0.39, 0.29) is 41.1 Å². The maximum absolute atomic E-state index is 13.1. The minimum atomic E-state index is -1.12. The van der Waals surface area contributed by atoms with Gasteiger partial charge in [0, 0.05) is 44.5 Å². The van der Waals surface area contributed by atoms with Crippen molar-refractivity contribution in [2.75, 3.05) is 31.1 Å². The number of carbonyl (C=O) groups is 6. The molecular formula is C24H21N5O7. The highest BCUT2D eigenvalue weighted by Gasteiger charge is 2.44. The van der Waals surface area contributed by atoms with Crippen molar-refractivity contribution < 1.29 is 33.9 Å². The second-order valence-corrected chi connectivity index (χ2v) is 8.69. The number of amides is 5. The maximum atomic E-state index is 13.1. The molecule has 2 saturated heterocycles. The van der Waals surface area contributed by atoms with Crippen molar-refractivity contribution in [3.63, 3.8) is 0 Å². The normalized spacial score (nSPS) is 19.9. The number of carboxylic acids is 1. The van der Waals surface area contributed by atoms with Crippen molar-refractivity contribution in [2.45, 2.75) is 18.9 Å². The first kappa shape index (κ1) is 23.1. The summed E-state index contributed by atoms with van der Waals surface area (Å²) < 4.78 is 0. The summed E-state index contributed by atoms with van der Waals surface area (Å²) in [7, 11) is 0. The van der Waals surface area contributed by atoms with Crippen LogP contribution in [0.5, 0.6) is 0 Å². The summed E-state index contributed by atoms with van der Waals surface area (Å²) in [4.78, 5) is 81.8. The average molecular weight is 491 g/mol. The monoisotopic (exact) mass is 491 g/mol. The molecule has 2 fully saturated rings. The number of hydrogen-bond donors (Lipinski definition) is 2. The van der Waals surface area contributed by atoms with E-state index in [1.807, 2.05) is 4.90 Å². The van der Waals surface area contributed by atoms with E-state index < -0.39 is 35.6 Å². The van der Waals surface area contributed by atoms with Crippen LogP contribution in [-0.4, -0.2) is 87.6 Å². The molecule has 2 N–H and O–H groups in total. The fourth-order valence-electron chi connectivity index (χ4n) is 4.63. The number of benzene rings is 1. The number of anilines is 1. The summed E-state index contributed by atoms with van der Waals surface area (Å²) in [5.74, 6) is -3.65. The van der Waals surface area contributed by atoms with Crippen LogP contribution in [0.15, 0.2) is 36.5 Å². The Bertz CT molecular complexity index is 1310. The van der Waals surface area contributed by atoms with Crippen LogP contribution < -0.4 is 10.2 Å². The number of nitrogens with zero attached hydrogens (tertiary/aromatic N) is 4. The number of carboxylic acid groups (broad SMARTS) is 1. The predicted octanol–water partition coefficient (Wildman–Crippen LogP) is 0.143. The number of imide groups is 2. The van der Waals surface area contributed by atoms with Gasteiger partial charge in [-0.15, -0.1) is 0 Å². The van der Waals surface area contributed by atoms with Gasteiger partial charge in [-0.05, 0) is 36.8 Å². The Labute approximate surface area is 204 Å². The molecule has 12 nitrogen and oxygen atoms in total. The fourth-order valence-corrected chi connectivity index (χ4v) is 4.63. The first-order valence-corrected chi connectivity index (χ1v) is 11.3. The second-order valence-electron chi connectivity index (χ2n) is 8.69. The van der Waals surface area contributed by atoms with Gasteiger partial charge in [-0.2, -0.15) is 0 Å². The molecule has 1 atom stereocenters. The van der Waals surface area contributed by atoms with Gasteiger partial charge in [0.2, 0.25) is 11.8 Å². The Morgan fingerprint density at radius 3 is 2.31 bits per heavy atom. The molecule has 2 aromatic rings. The van der Waals surface area contributed by atoms with Crippen molar-refractivity contribution >= 4 is 41.2 Å². The molecule has 36 heavy (non-hydrogen) atoms. The maximum Gasteiger partial charge on any atom is 0.337 e. The van der Waals surface area contributed by atoms with Crippen molar-refractivity contribution in [2.24, 2.45) is 0 Å². The third-order valence-electron chi connectivity index (χ3n) is 6.58. The number of pyridine rings is 1. The quantitative estimate of drug-likeness (QED) is 0.568. The van der Waals surface area contributed by atoms with E-state index in [1.54, 1.807) is 23.1 Å². The summed E-state index contributed by atoms with van der Waals surface area (Å²) >= 11 is 0. The number of fused-ring (bicyclic) bond motifs is 1. The third-order valence-corrected chi connectivity index (χ3v) is 6.58. The smallest absolute Gasteiger partial charge is 0.337 e. The standard InChI is InChI=1S/C24H21N5O7/c30-19-6-5-18(20(31)26-19)29-21(32)15-3-2-14(11-16(15)22(29)33)27-7-9-28(10-8-27)23(34)17-4-1-13(12-25-17)24(35)36/h1-4,11-12,18H,5-10H2,(H,35,36)(H,26,30,31). The van der Waals surface area contributed by atoms with Crippen molar-refractivity contribution in [3.8, 4) is 0 Å². The second kappa shape index (κ2) is 8.87. The summed E-state index contributed by atoms with van der Waals surface area (Å²) in [6.07, 6.45) is 1.29. The molecule has 0 spiro atoms. The number of piperidine rings is 1. The molecule has 12 heteroatoms. The Morgan fingerprint density at radius 2 is 1.67 bits per heavy atom. The van der Waals surface area contributed by atoms with Crippen LogP contribution in [0.25, 0.3) is 0 Å². The zero-order chi connectivity index (χ0) is 25.6. The van der Waals surface area contributed by atoms with Crippen LogP contribution in [-0.2, 0) is 9.59 Å². The van der Waals surface area contributed by atoms with E-state index in [4.69, 9.17) is 5.11 Å². The molecule has 5 rings (SSSR count). The molecule has 0 aliphatic carbocycles. The number of piperazine rings is 1. The molecule has 0 radical (unpaired) electrons. The Kier molecular flexibility index (Phi) is 5.71. The molecule has 5 amide bonds. The highest BCUT2D eigenvalue weighted by molar-refractivity contribution is 6.23. The lowest BCUT2D eigenvalue weighted by molar-refractivity contribution is -0.136. The van der Waals surface area contributed by atoms with Gasteiger partial charge in [0.15, 0.2) is 0 Å². The average Bonchev–Trinajstić information content (AvgIpc) is 3.13. The summed E-state index contributed by atoms with van der Waals surface area (Å²) in [6.45, 7) is 1.70. The number of hydrogen-bond acceptors (Lipinski definition) is 8. The van der Waals surface area contributed by atoms with Crippen LogP contribution in [0.4, 0.5) is 5.69 Å². The first-order valence-electron chi connectivity index (χ1n) is 11.3. The lowest BCUT2D eigenvalue weighted by Gasteiger charge is -2.36. The van der Waals surface area contributed by atoms with Crippen molar-refractivity contribution in [1.82, 2.24) is 20.1 Å². The topological polar surface area (TPSA) is 157 Å². The van der Waals surface area contributed by atoms with E-state index in [9.17, 15) is 28.8 Å². The van der Waals surface area contributed by atoms with E-state index >= 15 is 0 Å². The number of nitrogens with one attached hydrogen (secondary N) is 1. The van der Waals surface area contributed by atoms with E-state index in [1.165, 1.54) is 12.1 Å². The lowest BCUT2D eigenvalue weighted by atomic mass is 10.0. The van der Waals surface area contributed by atoms with Gasteiger partial charge in [-0.25, -0.2) is 4.79 Å². The molecule has 1 unspecified atom stereocenters. The molecule has 1 aromatic carbocycles. The zero-order valence-corrected chi connectivity index (χ0v) is 19.0. The molecule has 0 saturated carbocycles. The van der Waals surface area contributed by atoms with Gasteiger partial charge >= 0.3 is 5.97 Å². The van der Waals surface area contributed by atoms with Gasteiger partial charge in [-0.3, -0.25) is 39.2 Å². The molecular weight excluding hydrogens is 470 g/mol. The van der Waals surface area contributed by atoms with Gasteiger partial charge in [0.05, 0.1) is 16.7 Å². The van der Waals surface area contributed by atoms with Crippen LogP contribution >= 0.6 is 0 Å². The van der Waals surface area contributed by atoms with E-state index in [0.717, 1.165) is 11.1 Å². The van der Waals surface area contributed by atoms with Crippen molar-refractivity contribution in [1.29, 1.82) is 0 Å². The molecule has 0 bridgehead atoms. The SMILES string of the molecule is O=C1CCC(N2C(=O)c3ccc(N4CCN(C(=O)c5ccc(C(=O)O)cn5)CC4)cc3C2=O)C(=O)N1. The molecule has 1 aromatic heterocycles. The highest BCUT2D eigenvalue weighted by Crippen LogP contribution is 2.31. The Hall–Kier alpha value is -4.61. The van der Waals surface area contributed by atoms with Gasteiger partial charge in [0.1, 0.15) is 11.7 Å². The number of carbonyl (C=O) groups excluding carboxylic acids is 5. The lowest BCUT2D eigenvalue weighted by Crippen LogP contribution is -2.54. The fraction of sp³-hybridized carbons (Fsp3) is 0.292. The zero-order valence-electron chi connectivity index (χ0n) is 19.0. The highest BCUT2D eigenvalue weighted by atomic mass is 16.4. The Morgan fingerprint density at radius 1 is 0.944 bits per heavy atom. The molecule has 4 heterocycles. The molecule has 184 valence electrons. The van der Waals surface area contributed by atoms with Gasteiger partial charge < -0.3 is 14.9 Å². The summed E-state index contributed by atoms with van der Waals surface area (Å²) in [5, 5.41) is 11.2. The van der Waals surface area contributed by atoms with E-state index in [2.05, 4.69) is 10.3 Å². The Balaban J connectivity index is 1.26. The largest absolute Gasteiger partial charge is 0.478 e. The number of rotatable bonds is 4. The van der Waals surface area contributed by atoms with Crippen molar-refractivity contribution in [3.05, 3.63) is 58.9 Å². The van der Waals surface area contributed by atoms with Crippen LogP contribution in [0.3, 0.4) is 0 Å². The van der Waals surface area contributed by atoms with Crippen LogP contribution in [0, 0.1) is 0 Å². The number of aromatic nitrogens is 1. The summed E-state index contributed by atoms with van der Waals surface area (Å²) in [6, 6.07) is 6.59. The third kappa shape index (κ3) is 3.96. The molecule has 3 aliphatic rings. The first-order chi connectivity index (χ1) is 17.2. The summed E-state index contributed by atoms with van der Waals surface area (Å²) in [5.41, 5.74) is 1.26. The number of aromatic carboxylic acids is 1. The van der Waals surface area contributed by atoms with E-state index in [0.29, 0.717) is 31.9 Å². The molecule has 3 aliphatic heterocycles. The minimum Gasteiger partial charge on any atom is -0.478 e.